The van der Waals surface area contributed by atoms with Gasteiger partial charge in [0.25, 0.3) is 0 Å². The molecule has 1 N–H and O–H groups in total. The summed E-state index contributed by atoms with van der Waals surface area (Å²) in [5.41, 5.74) is 1.81. The van der Waals surface area contributed by atoms with Crippen LogP contribution in [0.4, 0.5) is 10.1 Å². The van der Waals surface area contributed by atoms with Gasteiger partial charge in [0.2, 0.25) is 5.91 Å². The molecule has 3 rings (SSSR count). The Morgan fingerprint density at radius 3 is 2.12 bits per heavy atom. The molecule has 32 heavy (non-hydrogen) atoms. The molecule has 0 fully saturated rings. The number of rotatable bonds is 8. The van der Waals surface area contributed by atoms with Crippen molar-refractivity contribution in [2.75, 3.05) is 18.5 Å². The van der Waals surface area contributed by atoms with Crippen molar-refractivity contribution in [1.82, 2.24) is 4.98 Å². The zero-order chi connectivity index (χ0) is 23.1. The number of aromatic nitrogens is 1. The highest BCUT2D eigenvalue weighted by Crippen LogP contribution is 2.24. The summed E-state index contributed by atoms with van der Waals surface area (Å²) in [6, 6.07) is 10.2. The first-order valence-electron chi connectivity index (χ1n) is 9.89. The number of halogens is 1. The summed E-state index contributed by atoms with van der Waals surface area (Å²) in [5, 5.41) is 5.10. The van der Waals surface area contributed by atoms with Crippen LogP contribution in [-0.2, 0) is 20.7 Å². The topological polar surface area (TPSA) is 94.6 Å². The van der Waals surface area contributed by atoms with E-state index in [1.807, 2.05) is 0 Å². The number of nitrogens with one attached hydrogen (secondary N) is 1. The molecule has 0 saturated carbocycles. The highest BCUT2D eigenvalue weighted by atomic mass is 32.1. The molecule has 3 aromatic rings. The second kappa shape index (κ2) is 10.6. The van der Waals surface area contributed by atoms with Gasteiger partial charge in [-0.15, -0.1) is 11.3 Å². The Morgan fingerprint density at radius 2 is 1.56 bits per heavy atom. The first kappa shape index (κ1) is 23.1. The molecule has 166 valence electrons. The van der Waals surface area contributed by atoms with Crippen molar-refractivity contribution in [2.24, 2.45) is 0 Å². The first-order valence-corrected chi connectivity index (χ1v) is 10.8. The molecule has 0 saturated heterocycles. The number of ether oxygens (including phenoxy) is 2. The second-order valence-electron chi connectivity index (χ2n) is 6.62. The van der Waals surface area contributed by atoms with Crippen LogP contribution < -0.4 is 5.32 Å². The van der Waals surface area contributed by atoms with E-state index in [1.165, 1.54) is 41.7 Å². The third-order valence-corrected chi connectivity index (χ3v) is 5.16. The Bertz CT molecular complexity index is 1090. The number of thiazole rings is 1. The zero-order valence-electron chi connectivity index (χ0n) is 17.5. The summed E-state index contributed by atoms with van der Waals surface area (Å²) in [6.07, 6.45) is -0.0178. The minimum Gasteiger partial charge on any atom is -0.462 e. The van der Waals surface area contributed by atoms with Gasteiger partial charge in [0.15, 0.2) is 0 Å². The van der Waals surface area contributed by atoms with Crippen molar-refractivity contribution >= 4 is 34.9 Å². The average Bonchev–Trinajstić information content (AvgIpc) is 3.22. The lowest BCUT2D eigenvalue weighted by Gasteiger charge is -2.10. The van der Waals surface area contributed by atoms with Crippen LogP contribution in [-0.4, -0.2) is 36.0 Å². The summed E-state index contributed by atoms with van der Waals surface area (Å²) in [4.78, 5) is 41.3. The van der Waals surface area contributed by atoms with E-state index in [2.05, 4.69) is 10.3 Å². The van der Waals surface area contributed by atoms with Crippen LogP contribution >= 0.6 is 11.3 Å². The number of anilines is 1. The number of carbonyl (C=O) groups excluding carboxylic acids is 3. The van der Waals surface area contributed by atoms with E-state index in [1.54, 1.807) is 31.4 Å². The van der Waals surface area contributed by atoms with E-state index in [4.69, 9.17) is 9.47 Å². The smallest absolute Gasteiger partial charge is 0.338 e. The molecular formula is C23H21FN2O5S. The van der Waals surface area contributed by atoms with E-state index < -0.39 is 11.9 Å². The Balaban J connectivity index is 1.75. The van der Waals surface area contributed by atoms with E-state index >= 15 is 0 Å². The normalized spacial score (nSPS) is 10.5. The molecule has 0 aliphatic heterocycles. The van der Waals surface area contributed by atoms with Crippen LogP contribution in [0.2, 0.25) is 0 Å². The van der Waals surface area contributed by atoms with Crippen LogP contribution in [0.1, 0.15) is 40.3 Å². The van der Waals surface area contributed by atoms with Crippen molar-refractivity contribution in [3.05, 3.63) is 70.5 Å². The number of hydrogen-bond acceptors (Lipinski definition) is 7. The van der Waals surface area contributed by atoms with Gasteiger partial charge in [-0.25, -0.2) is 19.0 Å². The lowest BCUT2D eigenvalue weighted by atomic mass is 10.1. The summed E-state index contributed by atoms with van der Waals surface area (Å²) in [5.74, 6) is -1.94. The molecule has 9 heteroatoms. The third-order valence-electron chi connectivity index (χ3n) is 4.22. The molecule has 0 bridgehead atoms. The van der Waals surface area contributed by atoms with Crippen molar-refractivity contribution in [2.45, 2.75) is 20.3 Å². The third kappa shape index (κ3) is 5.98. The van der Waals surface area contributed by atoms with Gasteiger partial charge in [-0.05, 0) is 56.3 Å². The number of nitrogens with zero attached hydrogens (tertiary/aromatic N) is 1. The van der Waals surface area contributed by atoms with Gasteiger partial charge in [-0.1, -0.05) is 0 Å². The number of esters is 2. The fourth-order valence-corrected chi connectivity index (χ4v) is 3.67. The molecule has 0 unspecified atom stereocenters. The molecular weight excluding hydrogens is 435 g/mol. The monoisotopic (exact) mass is 456 g/mol. The molecule has 2 aromatic carbocycles. The van der Waals surface area contributed by atoms with E-state index in [9.17, 15) is 18.8 Å². The van der Waals surface area contributed by atoms with Crippen LogP contribution in [0.5, 0.6) is 0 Å². The minimum absolute atomic E-state index is 0.0178. The Labute approximate surface area is 188 Å². The zero-order valence-corrected chi connectivity index (χ0v) is 18.3. The summed E-state index contributed by atoms with van der Waals surface area (Å²) in [6.45, 7) is 3.68. The van der Waals surface area contributed by atoms with Gasteiger partial charge in [-0.3, -0.25) is 4.79 Å². The van der Waals surface area contributed by atoms with Gasteiger partial charge in [0.05, 0.1) is 36.5 Å². The number of amides is 1. The molecule has 0 atom stereocenters. The SMILES string of the molecule is CCOC(=O)c1cc(NC(=O)Cc2csc(-c3ccc(F)cc3)n2)cc(C(=O)OCC)c1. The van der Waals surface area contributed by atoms with Gasteiger partial charge in [-0.2, -0.15) is 0 Å². The van der Waals surface area contributed by atoms with Crippen LogP contribution in [0.3, 0.4) is 0 Å². The largest absolute Gasteiger partial charge is 0.462 e. The lowest BCUT2D eigenvalue weighted by molar-refractivity contribution is -0.115. The Morgan fingerprint density at radius 1 is 0.969 bits per heavy atom. The molecule has 1 amide bonds. The average molecular weight is 456 g/mol. The van der Waals surface area contributed by atoms with E-state index in [-0.39, 0.29) is 48.2 Å². The van der Waals surface area contributed by atoms with Crippen LogP contribution in [0.25, 0.3) is 10.6 Å². The minimum atomic E-state index is -0.613. The number of benzene rings is 2. The molecule has 0 radical (unpaired) electrons. The van der Waals surface area contributed by atoms with Crippen LogP contribution in [0.15, 0.2) is 47.8 Å². The van der Waals surface area contributed by atoms with Gasteiger partial charge >= 0.3 is 11.9 Å². The van der Waals surface area contributed by atoms with E-state index in [0.29, 0.717) is 10.7 Å². The van der Waals surface area contributed by atoms with Gasteiger partial charge in [0, 0.05) is 16.6 Å². The van der Waals surface area contributed by atoms with Crippen molar-refractivity contribution in [1.29, 1.82) is 0 Å². The van der Waals surface area contributed by atoms with Crippen molar-refractivity contribution in [3.8, 4) is 10.6 Å². The number of carbonyl (C=O) groups is 3. The van der Waals surface area contributed by atoms with Crippen molar-refractivity contribution in [3.63, 3.8) is 0 Å². The van der Waals surface area contributed by atoms with Gasteiger partial charge in [0.1, 0.15) is 10.8 Å². The Kier molecular flexibility index (Phi) is 7.67. The maximum atomic E-state index is 13.1. The van der Waals surface area contributed by atoms with Crippen molar-refractivity contribution < 1.29 is 28.2 Å². The molecule has 7 nitrogen and oxygen atoms in total. The molecule has 1 aromatic heterocycles. The van der Waals surface area contributed by atoms with Gasteiger partial charge < -0.3 is 14.8 Å². The highest BCUT2D eigenvalue weighted by molar-refractivity contribution is 7.13. The summed E-state index contributed by atoms with van der Waals surface area (Å²) >= 11 is 1.34. The molecule has 0 spiro atoms. The predicted molar refractivity (Wildman–Crippen MR) is 118 cm³/mol. The highest BCUT2D eigenvalue weighted by Gasteiger charge is 2.16. The summed E-state index contributed by atoms with van der Waals surface area (Å²) < 4.78 is 23.1. The Hall–Kier alpha value is -3.59. The first-order chi connectivity index (χ1) is 15.4. The number of hydrogen-bond donors (Lipinski definition) is 1. The second-order valence-corrected chi connectivity index (χ2v) is 7.47. The van der Waals surface area contributed by atoms with Crippen LogP contribution in [0, 0.1) is 5.82 Å². The lowest BCUT2D eigenvalue weighted by Crippen LogP contribution is -2.16. The molecule has 0 aliphatic rings. The van der Waals surface area contributed by atoms with E-state index in [0.717, 1.165) is 5.56 Å². The predicted octanol–water partition coefficient (Wildman–Crippen LogP) is 4.48. The quantitative estimate of drug-likeness (QED) is 0.502. The fourth-order valence-electron chi connectivity index (χ4n) is 2.85. The fraction of sp³-hybridized carbons (Fsp3) is 0.217. The summed E-state index contributed by atoms with van der Waals surface area (Å²) in [7, 11) is 0. The molecule has 1 heterocycles. The standard InChI is InChI=1S/C23H21FN2O5S/c1-3-30-22(28)15-9-16(23(29)31-4-2)11-18(10-15)25-20(27)12-19-13-32-21(26-19)14-5-7-17(24)8-6-14/h5-11,13H,3-4,12H2,1-2H3,(H,25,27). The maximum absolute atomic E-state index is 13.1. The molecule has 0 aliphatic carbocycles. The maximum Gasteiger partial charge on any atom is 0.338 e.